The minimum absolute atomic E-state index is 0.00336. The number of hydrogen-bond acceptors (Lipinski definition) is 12. The molecule has 0 saturated carbocycles. The summed E-state index contributed by atoms with van der Waals surface area (Å²) < 4.78 is 19.8. The summed E-state index contributed by atoms with van der Waals surface area (Å²) in [5.41, 5.74) is -0.698. The van der Waals surface area contributed by atoms with E-state index in [0.29, 0.717) is 5.56 Å². The number of hydrogen-bond donors (Lipinski definition) is 0. The molecule has 2 aliphatic heterocycles. The van der Waals surface area contributed by atoms with Crippen LogP contribution in [0.3, 0.4) is 0 Å². The van der Waals surface area contributed by atoms with E-state index < -0.39 is 64.1 Å². The Morgan fingerprint density at radius 1 is 1.05 bits per heavy atom. The van der Waals surface area contributed by atoms with Gasteiger partial charge in [0.2, 0.25) is 17.8 Å². The second-order valence-corrected chi connectivity index (χ2v) is 10.2. The molecule has 0 bridgehead atoms. The molecular weight excluding hydrogens is 512 g/mol. The van der Waals surface area contributed by atoms with Gasteiger partial charge in [-0.1, -0.05) is 11.8 Å². The second kappa shape index (κ2) is 11.0. The van der Waals surface area contributed by atoms with E-state index in [9.17, 15) is 34.1 Å². The number of β-lactam (4-membered cyclic amide) rings is 1. The van der Waals surface area contributed by atoms with Crippen molar-refractivity contribution in [2.45, 2.75) is 39.7 Å². The maximum atomic E-state index is 12.7. The van der Waals surface area contributed by atoms with Crippen molar-refractivity contribution in [3.63, 3.8) is 0 Å². The van der Waals surface area contributed by atoms with Crippen LogP contribution < -0.4 is 0 Å². The second-order valence-electron chi connectivity index (χ2n) is 9.09. The van der Waals surface area contributed by atoms with Gasteiger partial charge >= 0.3 is 18.1 Å². The Morgan fingerprint density at radius 3 is 2.30 bits per heavy atom. The first-order valence-electron chi connectivity index (χ1n) is 10.9. The molecule has 0 unspecified atom stereocenters. The Balaban J connectivity index is 1.53. The lowest BCUT2D eigenvalue weighted by molar-refractivity contribution is -0.384. The molecule has 3 rings (SSSR count). The Hall–Kier alpha value is -3.94. The van der Waals surface area contributed by atoms with E-state index in [4.69, 9.17) is 18.9 Å². The fraction of sp³-hybridized carbons (Fsp3) is 0.435. The fourth-order valence-corrected chi connectivity index (χ4v) is 4.42. The zero-order chi connectivity index (χ0) is 27.5. The summed E-state index contributed by atoms with van der Waals surface area (Å²) in [5, 5.41) is 9.43. The third kappa shape index (κ3) is 6.25. The molecule has 14 heteroatoms. The number of ether oxygens (including phenoxy) is 4. The zero-order valence-electron chi connectivity index (χ0n) is 20.4. The number of nitro groups is 1. The predicted molar refractivity (Wildman–Crippen MR) is 125 cm³/mol. The Labute approximate surface area is 215 Å². The van der Waals surface area contributed by atoms with Crippen LogP contribution in [0.25, 0.3) is 0 Å². The number of carbonyl (C=O) groups is 5. The van der Waals surface area contributed by atoms with E-state index in [1.54, 1.807) is 20.8 Å². The van der Waals surface area contributed by atoms with Gasteiger partial charge in [-0.25, -0.2) is 9.59 Å². The molecule has 13 nitrogen and oxygen atoms in total. The summed E-state index contributed by atoms with van der Waals surface area (Å²) in [6.07, 6.45) is -1.08. The largest absolute Gasteiger partial charge is 0.508 e. The van der Waals surface area contributed by atoms with Crippen LogP contribution in [0.1, 0.15) is 33.3 Å². The van der Waals surface area contributed by atoms with Crippen LogP contribution in [0.15, 0.2) is 35.5 Å². The summed E-state index contributed by atoms with van der Waals surface area (Å²) in [6, 6.07) is 5.36. The molecule has 0 radical (unpaired) electrons. The van der Waals surface area contributed by atoms with Crippen molar-refractivity contribution in [2.24, 2.45) is 11.3 Å². The number of amides is 1. The highest BCUT2D eigenvalue weighted by Gasteiger charge is 2.56. The van der Waals surface area contributed by atoms with Crippen LogP contribution in [-0.2, 0) is 44.7 Å². The van der Waals surface area contributed by atoms with Crippen LogP contribution in [0.5, 0.6) is 0 Å². The van der Waals surface area contributed by atoms with Crippen LogP contribution in [-0.4, -0.2) is 57.7 Å². The highest BCUT2D eigenvalue weighted by Crippen LogP contribution is 2.44. The fourth-order valence-electron chi connectivity index (χ4n) is 3.25. The average molecular weight is 537 g/mol. The first-order valence-corrected chi connectivity index (χ1v) is 11.8. The van der Waals surface area contributed by atoms with E-state index >= 15 is 0 Å². The molecule has 1 aromatic rings. The van der Waals surface area contributed by atoms with E-state index in [1.165, 1.54) is 31.2 Å². The van der Waals surface area contributed by atoms with Crippen molar-refractivity contribution in [3.05, 3.63) is 51.2 Å². The molecule has 2 aliphatic rings. The minimum Gasteiger partial charge on any atom is -0.433 e. The minimum atomic E-state index is -1.08. The monoisotopic (exact) mass is 536 g/mol. The number of carbonyl (C=O) groups excluding carboxylic acids is 5. The van der Waals surface area contributed by atoms with E-state index in [1.807, 2.05) is 0 Å². The Bertz CT molecular complexity index is 1170. The Morgan fingerprint density at radius 2 is 1.70 bits per heavy atom. The summed E-state index contributed by atoms with van der Waals surface area (Å²) >= 11 is 0.803. The molecule has 2 atom stereocenters. The van der Waals surface area contributed by atoms with Gasteiger partial charge in [-0.3, -0.25) is 29.4 Å². The quantitative estimate of drug-likeness (QED) is 0.157. The Kier molecular flexibility index (Phi) is 8.21. The van der Waals surface area contributed by atoms with Gasteiger partial charge in [-0.15, -0.1) is 0 Å². The third-order valence-corrected chi connectivity index (χ3v) is 6.65. The summed E-state index contributed by atoms with van der Waals surface area (Å²) in [7, 11) is 0. The first-order chi connectivity index (χ1) is 17.3. The molecule has 1 fully saturated rings. The van der Waals surface area contributed by atoms with Crippen LogP contribution in [0.2, 0.25) is 0 Å². The number of benzene rings is 1. The van der Waals surface area contributed by atoms with E-state index in [2.05, 4.69) is 0 Å². The van der Waals surface area contributed by atoms with Crippen molar-refractivity contribution in [3.8, 4) is 0 Å². The number of nitro benzene ring substituents is 1. The van der Waals surface area contributed by atoms with Crippen molar-refractivity contribution in [2.75, 3.05) is 13.4 Å². The molecule has 1 amide bonds. The van der Waals surface area contributed by atoms with Gasteiger partial charge in [0.1, 0.15) is 30.2 Å². The highest BCUT2D eigenvalue weighted by atomic mass is 32.2. The maximum absolute atomic E-state index is 12.7. The molecule has 0 N–H and O–H groups in total. The van der Waals surface area contributed by atoms with Gasteiger partial charge < -0.3 is 18.9 Å². The number of nitrogens with zero attached hydrogens (tertiary/aromatic N) is 2. The van der Waals surface area contributed by atoms with Crippen LogP contribution in [0.4, 0.5) is 10.5 Å². The number of non-ortho nitro benzene ring substituents is 1. The third-order valence-electron chi connectivity index (χ3n) is 5.35. The highest BCUT2D eigenvalue weighted by molar-refractivity contribution is 8.14. The summed E-state index contributed by atoms with van der Waals surface area (Å²) in [6.45, 7) is 4.94. The van der Waals surface area contributed by atoms with Crippen molar-refractivity contribution >= 4 is 46.6 Å². The van der Waals surface area contributed by atoms with Gasteiger partial charge in [0.15, 0.2) is 0 Å². The van der Waals surface area contributed by atoms with Crippen LogP contribution >= 0.6 is 11.8 Å². The molecule has 37 heavy (non-hydrogen) atoms. The number of rotatable bonds is 8. The van der Waals surface area contributed by atoms with E-state index in [0.717, 1.165) is 16.7 Å². The molecule has 0 aliphatic carbocycles. The normalized spacial score (nSPS) is 19.0. The summed E-state index contributed by atoms with van der Waals surface area (Å²) in [5.74, 6) is -3.08. The van der Waals surface area contributed by atoms with E-state index in [-0.39, 0.29) is 23.6 Å². The molecule has 0 aromatic heterocycles. The lowest BCUT2D eigenvalue weighted by Crippen LogP contribution is -2.63. The lowest BCUT2D eigenvalue weighted by atomic mass is 9.96. The topological polar surface area (TPSA) is 169 Å². The lowest BCUT2D eigenvalue weighted by Gasteiger charge is -2.48. The van der Waals surface area contributed by atoms with Gasteiger partial charge in [0, 0.05) is 17.7 Å². The first kappa shape index (κ1) is 27.6. The molecule has 1 aromatic carbocycles. The number of fused-ring (bicyclic) bond motifs is 1. The number of thioether (sulfide) groups is 1. The van der Waals surface area contributed by atoms with Crippen molar-refractivity contribution in [1.82, 2.24) is 4.90 Å². The molecular formula is C23H24N2O11S. The van der Waals surface area contributed by atoms with Gasteiger partial charge in [0.25, 0.3) is 5.69 Å². The SMILES string of the molecule is CC1=C(C(=O)OCOC(=O)C(C)(C)C)N2C(=O)[C@H](COC(=O)OCc3ccc([N+](=O)[O-])cc3)[C@@H]2SC1=O. The maximum Gasteiger partial charge on any atom is 0.508 e. The van der Waals surface area contributed by atoms with Crippen LogP contribution in [0, 0.1) is 21.4 Å². The molecule has 2 heterocycles. The molecule has 0 spiro atoms. The molecule has 198 valence electrons. The number of esters is 2. The van der Waals surface area contributed by atoms with Crippen molar-refractivity contribution in [1.29, 1.82) is 0 Å². The van der Waals surface area contributed by atoms with Gasteiger partial charge in [-0.2, -0.15) is 0 Å². The average Bonchev–Trinajstić information content (AvgIpc) is 2.83. The zero-order valence-corrected chi connectivity index (χ0v) is 21.2. The standard InChI is InChI=1S/C23H24N2O11S/c1-12-16(19(27)35-11-36-21(29)23(2,3)4)24-17(26)15(18(24)37-20(12)28)10-34-22(30)33-9-13-5-7-14(8-6-13)25(31)32/h5-8,15,18H,9-11H2,1-4H3/t15-,18-/m0/s1. The van der Waals surface area contributed by atoms with Gasteiger partial charge in [-0.05, 0) is 45.4 Å². The summed E-state index contributed by atoms with van der Waals surface area (Å²) in [4.78, 5) is 72.8. The van der Waals surface area contributed by atoms with Gasteiger partial charge in [0.05, 0.1) is 10.3 Å². The smallest absolute Gasteiger partial charge is 0.433 e. The molecule has 1 saturated heterocycles. The van der Waals surface area contributed by atoms with Crippen molar-refractivity contribution < 1.29 is 47.8 Å². The predicted octanol–water partition coefficient (Wildman–Crippen LogP) is 2.67.